The Hall–Kier alpha value is -3.32. The Morgan fingerprint density at radius 2 is 1.42 bits per heavy atom. The molecule has 2 aromatic carbocycles. The third kappa shape index (κ3) is 3.88. The van der Waals surface area contributed by atoms with Crippen LogP contribution in [0.15, 0.2) is 54.2 Å². The molecule has 2 heterocycles. The molecule has 2 aliphatic heterocycles. The predicted octanol–water partition coefficient (Wildman–Crippen LogP) is 2.23. The van der Waals surface area contributed by atoms with E-state index in [1.807, 2.05) is 53.4 Å². The van der Waals surface area contributed by atoms with E-state index >= 15 is 0 Å². The number of imide groups is 1. The molecular weight excluding hydrogens is 394 g/mol. The summed E-state index contributed by atoms with van der Waals surface area (Å²) < 4.78 is 11.0. The van der Waals surface area contributed by atoms with Gasteiger partial charge in [0, 0.05) is 37.3 Å². The van der Waals surface area contributed by atoms with Crippen molar-refractivity contribution in [3.8, 4) is 11.5 Å². The summed E-state index contributed by atoms with van der Waals surface area (Å²) in [7, 11) is 5.21. The van der Waals surface area contributed by atoms with Crippen LogP contribution in [0.4, 0.5) is 0 Å². The summed E-state index contributed by atoms with van der Waals surface area (Å²) in [5.74, 6) is 0.634. The fourth-order valence-electron chi connectivity index (χ4n) is 4.13. The van der Waals surface area contributed by atoms with Crippen LogP contribution in [-0.2, 0) is 16.1 Å². The molecule has 0 N–H and O–H groups in total. The van der Waals surface area contributed by atoms with Crippen molar-refractivity contribution in [1.82, 2.24) is 14.7 Å². The zero-order chi connectivity index (χ0) is 22.0. The molecule has 7 nitrogen and oxygen atoms in total. The first kappa shape index (κ1) is 20.9. The van der Waals surface area contributed by atoms with Crippen LogP contribution in [0, 0.1) is 0 Å². The van der Waals surface area contributed by atoms with Gasteiger partial charge in [-0.3, -0.25) is 14.5 Å². The Balaban J connectivity index is 1.77. The highest BCUT2D eigenvalue weighted by Crippen LogP contribution is 2.37. The lowest BCUT2D eigenvalue weighted by molar-refractivity contribution is -0.138. The smallest absolute Gasteiger partial charge is 0.278 e. The van der Waals surface area contributed by atoms with Crippen LogP contribution in [0.3, 0.4) is 0 Å². The number of benzene rings is 2. The quantitative estimate of drug-likeness (QED) is 0.667. The van der Waals surface area contributed by atoms with E-state index in [-0.39, 0.29) is 18.4 Å². The second-order valence-electron chi connectivity index (χ2n) is 7.72. The third-order valence-corrected chi connectivity index (χ3v) is 5.86. The van der Waals surface area contributed by atoms with E-state index in [4.69, 9.17) is 9.47 Å². The van der Waals surface area contributed by atoms with Crippen LogP contribution in [-0.4, -0.2) is 74.0 Å². The average Bonchev–Trinajstić information content (AvgIpc) is 3.04. The number of nitrogens with zero attached hydrogens (tertiary/aromatic N) is 3. The minimum Gasteiger partial charge on any atom is -0.496 e. The number of ether oxygens (including phenoxy) is 2. The third-order valence-electron chi connectivity index (χ3n) is 5.86. The van der Waals surface area contributed by atoms with Gasteiger partial charge in [0.2, 0.25) is 0 Å². The van der Waals surface area contributed by atoms with Crippen LogP contribution < -0.4 is 9.47 Å². The van der Waals surface area contributed by atoms with E-state index < -0.39 is 0 Å². The second kappa shape index (κ2) is 8.81. The fraction of sp³-hybridized carbons (Fsp3) is 0.333. The summed E-state index contributed by atoms with van der Waals surface area (Å²) in [4.78, 5) is 32.8. The van der Waals surface area contributed by atoms with Crippen molar-refractivity contribution in [2.75, 3.05) is 47.4 Å². The molecule has 1 fully saturated rings. The molecule has 0 radical (unpaired) electrons. The summed E-state index contributed by atoms with van der Waals surface area (Å²) >= 11 is 0. The Kier molecular flexibility index (Phi) is 5.95. The first-order chi connectivity index (χ1) is 15.0. The van der Waals surface area contributed by atoms with Gasteiger partial charge in [-0.25, -0.2) is 0 Å². The molecule has 0 atom stereocenters. The van der Waals surface area contributed by atoms with Gasteiger partial charge >= 0.3 is 0 Å². The van der Waals surface area contributed by atoms with Gasteiger partial charge in [-0.1, -0.05) is 36.4 Å². The molecule has 0 bridgehead atoms. The van der Waals surface area contributed by atoms with E-state index in [0.717, 1.165) is 18.7 Å². The molecule has 0 unspecified atom stereocenters. The van der Waals surface area contributed by atoms with E-state index in [1.165, 1.54) is 4.90 Å². The molecule has 0 saturated carbocycles. The fourth-order valence-corrected chi connectivity index (χ4v) is 4.13. The summed E-state index contributed by atoms with van der Waals surface area (Å²) in [5.41, 5.74) is 2.28. The minimum atomic E-state index is -0.311. The highest BCUT2D eigenvalue weighted by atomic mass is 16.5. The number of likely N-dealkylation sites (N-methyl/N-ethyl adjacent to an activating group) is 1. The molecule has 162 valence electrons. The highest BCUT2D eigenvalue weighted by molar-refractivity contribution is 6.35. The summed E-state index contributed by atoms with van der Waals surface area (Å²) in [6, 6.07) is 14.8. The lowest BCUT2D eigenvalue weighted by Gasteiger charge is -2.34. The number of rotatable bonds is 6. The van der Waals surface area contributed by atoms with Gasteiger partial charge in [-0.2, -0.15) is 0 Å². The molecule has 2 aromatic rings. The Labute approximate surface area is 182 Å². The van der Waals surface area contributed by atoms with Crippen LogP contribution >= 0.6 is 0 Å². The van der Waals surface area contributed by atoms with Crippen molar-refractivity contribution >= 4 is 17.4 Å². The Morgan fingerprint density at radius 1 is 0.806 bits per heavy atom. The van der Waals surface area contributed by atoms with Crippen molar-refractivity contribution in [3.05, 3.63) is 65.4 Å². The maximum Gasteiger partial charge on any atom is 0.278 e. The standard InChI is InChI=1S/C24H27N3O4/c1-25-12-14-26(15-13-25)22-21(18-9-5-7-11-20(18)31-3)23(28)27(24(22)29)16-17-8-4-6-10-19(17)30-2/h4-11H,12-16H2,1-3H3. The average molecular weight is 421 g/mol. The van der Waals surface area contributed by atoms with E-state index in [0.29, 0.717) is 41.4 Å². The van der Waals surface area contributed by atoms with Gasteiger partial charge < -0.3 is 19.3 Å². The summed E-state index contributed by atoms with van der Waals surface area (Å²) in [6.45, 7) is 3.18. The van der Waals surface area contributed by atoms with Crippen LogP contribution in [0.5, 0.6) is 11.5 Å². The van der Waals surface area contributed by atoms with Crippen LogP contribution in [0.25, 0.3) is 5.57 Å². The van der Waals surface area contributed by atoms with Crippen molar-refractivity contribution in [2.24, 2.45) is 0 Å². The maximum absolute atomic E-state index is 13.6. The van der Waals surface area contributed by atoms with Gasteiger partial charge in [0.15, 0.2) is 0 Å². The van der Waals surface area contributed by atoms with Crippen LogP contribution in [0.1, 0.15) is 11.1 Å². The molecule has 0 spiro atoms. The lowest BCUT2D eigenvalue weighted by atomic mass is 10.0. The van der Waals surface area contributed by atoms with Crippen molar-refractivity contribution in [2.45, 2.75) is 6.54 Å². The zero-order valence-corrected chi connectivity index (χ0v) is 18.1. The molecule has 31 heavy (non-hydrogen) atoms. The zero-order valence-electron chi connectivity index (χ0n) is 18.1. The van der Waals surface area contributed by atoms with E-state index in [1.54, 1.807) is 14.2 Å². The van der Waals surface area contributed by atoms with E-state index in [2.05, 4.69) is 11.9 Å². The first-order valence-corrected chi connectivity index (χ1v) is 10.3. The molecule has 0 aromatic heterocycles. The van der Waals surface area contributed by atoms with Gasteiger partial charge in [0.1, 0.15) is 17.2 Å². The van der Waals surface area contributed by atoms with Crippen molar-refractivity contribution in [3.63, 3.8) is 0 Å². The highest BCUT2D eigenvalue weighted by Gasteiger charge is 2.43. The Morgan fingerprint density at radius 3 is 2.10 bits per heavy atom. The number of amides is 2. The lowest BCUT2D eigenvalue weighted by Crippen LogP contribution is -2.46. The van der Waals surface area contributed by atoms with Gasteiger partial charge in [0.05, 0.1) is 26.3 Å². The number of hydrogen-bond acceptors (Lipinski definition) is 6. The summed E-state index contributed by atoms with van der Waals surface area (Å²) in [5, 5.41) is 0. The summed E-state index contributed by atoms with van der Waals surface area (Å²) in [6.07, 6.45) is 0. The van der Waals surface area contributed by atoms with E-state index in [9.17, 15) is 9.59 Å². The van der Waals surface area contributed by atoms with Crippen LogP contribution in [0.2, 0.25) is 0 Å². The predicted molar refractivity (Wildman–Crippen MR) is 118 cm³/mol. The SMILES string of the molecule is COc1ccccc1CN1C(=O)C(c2ccccc2OC)=C(N2CCN(C)CC2)C1=O. The number of methoxy groups -OCH3 is 2. The van der Waals surface area contributed by atoms with Crippen molar-refractivity contribution < 1.29 is 19.1 Å². The first-order valence-electron chi connectivity index (χ1n) is 10.3. The molecule has 7 heteroatoms. The molecule has 1 saturated heterocycles. The normalized spacial score (nSPS) is 17.5. The monoisotopic (exact) mass is 421 g/mol. The number of para-hydroxylation sites is 2. The second-order valence-corrected chi connectivity index (χ2v) is 7.72. The van der Waals surface area contributed by atoms with Gasteiger partial charge in [0.25, 0.3) is 11.8 Å². The largest absolute Gasteiger partial charge is 0.496 e. The molecule has 2 amide bonds. The minimum absolute atomic E-state index is 0.150. The molecule has 0 aliphatic carbocycles. The molecule has 4 rings (SSSR count). The number of hydrogen-bond donors (Lipinski definition) is 0. The number of carbonyl (C=O) groups is 2. The number of carbonyl (C=O) groups excluding carboxylic acids is 2. The molecule has 2 aliphatic rings. The Bertz CT molecular complexity index is 1020. The van der Waals surface area contributed by atoms with Gasteiger partial charge in [-0.15, -0.1) is 0 Å². The van der Waals surface area contributed by atoms with Gasteiger partial charge in [-0.05, 0) is 19.2 Å². The maximum atomic E-state index is 13.6. The van der Waals surface area contributed by atoms with Crippen molar-refractivity contribution in [1.29, 1.82) is 0 Å². The molecular formula is C24H27N3O4. The number of piperazine rings is 1. The topological polar surface area (TPSA) is 62.3 Å².